The number of fused-ring (bicyclic) bond motifs is 28. The highest BCUT2D eigenvalue weighted by Crippen LogP contribution is 2.83. The van der Waals surface area contributed by atoms with E-state index in [9.17, 15) is 69.0 Å². The molecule has 20 rings (SSSR count). The first-order chi connectivity index (χ1) is 64.6. The third kappa shape index (κ3) is 14.0. The fourth-order valence-corrected chi connectivity index (χ4v) is 43.6. The molecule has 16 heteroatoms. The van der Waals surface area contributed by atoms with Gasteiger partial charge in [0.2, 0.25) is 0 Å². The average molecular weight is 1940 g/mol. The maximum absolute atomic E-state index is 14.5. The first kappa shape index (κ1) is 106. The number of aliphatic hydroxyl groups excluding tert-OH is 2. The Morgan fingerprint density at radius 3 is 0.800 bits per heavy atom. The van der Waals surface area contributed by atoms with Crippen molar-refractivity contribution in [3.05, 3.63) is 46.6 Å². The minimum atomic E-state index is -1.21. The van der Waals surface area contributed by atoms with Crippen LogP contribution in [0.2, 0.25) is 0 Å². The molecular weight excluding hydrogens is 1750 g/mol. The number of carbonyl (C=O) groups is 8. The summed E-state index contributed by atoms with van der Waals surface area (Å²) < 4.78 is 11.3. The fourth-order valence-electron chi connectivity index (χ4n) is 43.6. The maximum Gasteiger partial charge on any atom is 0.313 e. The fraction of sp³-hybridized carbons (Fsp3) is 0.871. The highest BCUT2D eigenvalue weighted by atomic mass is 16.6. The number of esters is 2. The van der Waals surface area contributed by atoms with Crippen LogP contribution in [0.1, 0.15) is 426 Å². The third-order valence-electron chi connectivity index (χ3n) is 54.2. The molecule has 0 bridgehead atoms. The molecule has 0 heterocycles. The number of rotatable bonds is 6. The summed E-state index contributed by atoms with van der Waals surface area (Å²) in [5, 5.41) is 63.4. The molecule has 0 spiro atoms. The van der Waals surface area contributed by atoms with Gasteiger partial charge < -0.3 is 40.1 Å². The first-order valence-corrected chi connectivity index (χ1v) is 57.2. The largest absolute Gasteiger partial charge is 0.481 e. The van der Waals surface area contributed by atoms with Crippen molar-refractivity contribution in [2.45, 2.75) is 450 Å². The van der Waals surface area contributed by atoms with E-state index in [0.29, 0.717) is 109 Å². The molecule has 20 aliphatic carbocycles. The van der Waals surface area contributed by atoms with Gasteiger partial charge in [0.05, 0.1) is 23.0 Å². The zero-order valence-electron chi connectivity index (χ0n) is 93.0. The van der Waals surface area contributed by atoms with Gasteiger partial charge >= 0.3 is 35.8 Å². The van der Waals surface area contributed by atoms with Crippen molar-refractivity contribution in [1.82, 2.24) is 0 Å². The number of aliphatic carboxylic acids is 4. The minimum absolute atomic E-state index is 0.00267. The Balaban J connectivity index is 0.000000129. The van der Waals surface area contributed by atoms with E-state index in [4.69, 9.17) is 9.47 Å². The summed E-state index contributed by atoms with van der Waals surface area (Å²) in [4.78, 5) is 103. The third-order valence-corrected chi connectivity index (χ3v) is 54.2. The van der Waals surface area contributed by atoms with Gasteiger partial charge in [-0.3, -0.25) is 38.4 Å². The lowest BCUT2D eigenvalue weighted by Crippen LogP contribution is -2.69. The summed E-state index contributed by atoms with van der Waals surface area (Å²) in [6.07, 6.45) is 41.9. The predicted molar refractivity (Wildman–Crippen MR) is 550 cm³/mol. The molecule has 16 fully saturated rings. The van der Waals surface area contributed by atoms with E-state index in [1.54, 1.807) is 25.0 Å². The van der Waals surface area contributed by atoms with Gasteiger partial charge in [-0.2, -0.15) is 0 Å². The summed E-state index contributed by atoms with van der Waals surface area (Å²) in [7, 11) is 0. The van der Waals surface area contributed by atoms with Crippen LogP contribution in [0.4, 0.5) is 0 Å². The zero-order chi connectivity index (χ0) is 103. The normalized spacial score (nSPS) is 55.5. The summed E-state index contributed by atoms with van der Waals surface area (Å²) in [5.41, 5.74) is 1.48. The van der Waals surface area contributed by atoms with Gasteiger partial charge in [0.15, 0.2) is 11.6 Å². The molecule has 44 atom stereocenters. The van der Waals surface area contributed by atoms with Crippen LogP contribution in [0.15, 0.2) is 46.6 Å². The number of hydrogen-bond acceptors (Lipinski definition) is 12. The van der Waals surface area contributed by atoms with Crippen LogP contribution in [-0.4, -0.2) is 102 Å². The molecule has 0 amide bonds. The lowest BCUT2D eigenvalue weighted by molar-refractivity contribution is -0.228. The zero-order valence-corrected chi connectivity index (χ0v) is 93.0. The SMILES string of the molecule is CC(=O)OC1CCC2(C)C(CCC3C4(C)CCC5(C)CCC(C)C(C)C5C4=CC(=O)C32C)C1(C)C(=O)O.CC(=O)OC1CCC2(C)C(CCC3C4(C)CCC5(C)CCC(C)C(C)C5C4=CCC32C)C1(C)C(=O)O.CC1CCC2(C)CCC3(C)C(=CC(=O)C4(C)C3CCC3C(C)(C(=O)O)C(O)CCC34C)C2C1C.CC1CCC2(C)CCC3(C)C(=CCC4(C)C3CCC3C(C)(C(=O)O)C(O)CCC34C)C2C1C. The first-order valence-electron chi connectivity index (χ1n) is 57.2. The molecule has 16 saturated carbocycles. The molecule has 0 saturated heterocycles. The van der Waals surface area contributed by atoms with Crippen LogP contribution in [-0.2, 0) is 47.8 Å². The summed E-state index contributed by atoms with van der Waals surface area (Å²) in [5.74, 6) is 5.22. The van der Waals surface area contributed by atoms with E-state index in [1.165, 1.54) is 115 Å². The Morgan fingerprint density at radius 1 is 0.271 bits per heavy atom. The van der Waals surface area contributed by atoms with Crippen LogP contribution in [0, 0.1) is 227 Å². The summed E-state index contributed by atoms with van der Waals surface area (Å²) in [6, 6.07) is 0. The molecule has 6 N–H and O–H groups in total. The number of ether oxygens (including phenoxy) is 2. The highest BCUT2D eigenvalue weighted by Gasteiger charge is 2.79. The van der Waals surface area contributed by atoms with Crippen molar-refractivity contribution in [3.63, 3.8) is 0 Å². The Bertz CT molecular complexity index is 5110. The lowest BCUT2D eigenvalue weighted by Gasteiger charge is -2.71. The number of carboxylic acid groups (broad SMARTS) is 4. The van der Waals surface area contributed by atoms with Crippen molar-refractivity contribution in [2.24, 2.45) is 227 Å². The second kappa shape index (κ2) is 34.3. The molecule has 784 valence electrons. The van der Waals surface area contributed by atoms with Crippen LogP contribution in [0.3, 0.4) is 0 Å². The highest BCUT2D eigenvalue weighted by molar-refractivity contribution is 5.99. The second-order valence-corrected chi connectivity index (χ2v) is 58.7. The van der Waals surface area contributed by atoms with Gasteiger partial charge in [-0.15, -0.1) is 0 Å². The average Bonchev–Trinajstić information content (AvgIpc) is 0.675. The molecule has 140 heavy (non-hydrogen) atoms. The van der Waals surface area contributed by atoms with E-state index in [2.05, 4.69) is 190 Å². The molecule has 20 aliphatic rings. The minimum Gasteiger partial charge on any atom is -0.481 e. The molecule has 16 nitrogen and oxygen atoms in total. The van der Waals surface area contributed by atoms with Gasteiger partial charge in [0.25, 0.3) is 0 Å². The topological polar surface area (TPSA) is 276 Å². The van der Waals surface area contributed by atoms with E-state index in [0.717, 1.165) is 114 Å². The van der Waals surface area contributed by atoms with Gasteiger partial charge in [0.1, 0.15) is 23.0 Å². The van der Waals surface area contributed by atoms with E-state index in [1.807, 2.05) is 13.8 Å². The van der Waals surface area contributed by atoms with Crippen LogP contribution in [0.5, 0.6) is 0 Å². The van der Waals surface area contributed by atoms with Crippen molar-refractivity contribution in [2.75, 3.05) is 0 Å². The van der Waals surface area contributed by atoms with E-state index < -0.39 is 97.6 Å². The Morgan fingerprint density at radius 2 is 0.507 bits per heavy atom. The summed E-state index contributed by atoms with van der Waals surface area (Å²) in [6.45, 7) is 68.2. The number of carboxylic acids is 4. The lowest BCUT2D eigenvalue weighted by atomic mass is 9.33. The molecule has 0 radical (unpaired) electrons. The number of aliphatic hydroxyl groups is 2. The van der Waals surface area contributed by atoms with Crippen LogP contribution in [0.25, 0.3) is 0 Å². The maximum atomic E-state index is 14.5. The van der Waals surface area contributed by atoms with Crippen molar-refractivity contribution >= 4 is 47.4 Å². The standard InChI is InChI=1S/C32H48O5.C32H50O4.C30H46O4.C30H48O3/c1-18-11-13-28(4)15-16-29(5)21(26(28)19(18)2)17-24(34)32(8)22(29)9-10-23-30(32,6)14-12-25(37-20(3)33)31(23,7)27(35)36;1-19-11-14-28(4)17-18-29(5)22(26(28)20(19)2)12-15-30(6)23(29)9-10-24-31(30,7)16-13-25(36-21(3)33)32(24,8)27(34)35;1-17-10-12-26(3)14-15-27(4)19(24(26)18(17)2)16-23(32)30(7)20(27)8-9-21-28(30,5)13-11-22(31)29(21,6)25(33)34;1-18-10-13-26(3)16-17-27(4)20(24(26)19(18)2)11-14-28(5)21(27)8-9-22-29(28,6)15-12-23(31)30(22,7)25(32)33/h17-19,22-23,25-26H,9-16H2,1-8H3,(H,35,36);12,19-20,23-26H,9-11,13-18H2,1-8H3,(H,34,35);16-18,20-22,24,31H,8-15H2,1-7H3,(H,33,34);11,18-19,21-24,31H,8-10,12-17H2,1-7H3,(H,32,33). The van der Waals surface area contributed by atoms with E-state index >= 15 is 0 Å². The quantitative estimate of drug-likeness (QED) is 0.107. The predicted octanol–water partition coefficient (Wildman–Crippen LogP) is 27.9. The summed E-state index contributed by atoms with van der Waals surface area (Å²) >= 11 is 0. The Hall–Kier alpha value is -4.96. The van der Waals surface area contributed by atoms with Crippen molar-refractivity contribution in [3.8, 4) is 0 Å². The van der Waals surface area contributed by atoms with Crippen LogP contribution >= 0.6 is 0 Å². The number of hydrogen-bond donors (Lipinski definition) is 6. The van der Waals surface area contributed by atoms with Gasteiger partial charge in [-0.25, -0.2) is 0 Å². The smallest absolute Gasteiger partial charge is 0.313 e. The van der Waals surface area contributed by atoms with Crippen LogP contribution < -0.4 is 0 Å². The molecule has 0 aliphatic heterocycles. The Kier molecular flexibility index (Phi) is 26.0. The van der Waals surface area contributed by atoms with E-state index in [-0.39, 0.29) is 107 Å². The monoisotopic (exact) mass is 1940 g/mol. The molecule has 44 unspecified atom stereocenters. The number of ketones is 2. The van der Waals surface area contributed by atoms with Gasteiger partial charge in [0, 0.05) is 24.7 Å². The van der Waals surface area contributed by atoms with Crippen molar-refractivity contribution < 1.29 is 78.5 Å². The van der Waals surface area contributed by atoms with Crippen molar-refractivity contribution in [1.29, 1.82) is 0 Å². The molecule has 0 aromatic rings. The number of carbonyl (C=O) groups excluding carboxylic acids is 4. The second-order valence-electron chi connectivity index (χ2n) is 58.7. The molecule has 0 aromatic carbocycles. The molecule has 0 aromatic heterocycles. The van der Waals surface area contributed by atoms with Gasteiger partial charge in [-0.05, 0) is 452 Å². The number of allylic oxidation sites excluding steroid dienone is 8. The Labute approximate surface area is 844 Å². The molecular formula is C124H192O16. The van der Waals surface area contributed by atoms with Gasteiger partial charge in [-0.1, -0.05) is 201 Å².